The molecule has 0 fully saturated rings. The predicted octanol–water partition coefficient (Wildman–Crippen LogP) is 4.11. The lowest BCUT2D eigenvalue weighted by Gasteiger charge is -2.11. The fraction of sp³-hybridized carbons (Fsp3) is 0.167. The molecule has 3 rings (SSSR count). The number of hydrogen-bond donors (Lipinski definition) is 0. The normalized spacial score (nSPS) is 11.0. The van der Waals surface area contributed by atoms with Gasteiger partial charge in [-0.2, -0.15) is 13.5 Å². The molecule has 0 aliphatic heterocycles. The number of esters is 1. The Morgan fingerprint density at radius 2 is 1.86 bits per heavy atom. The van der Waals surface area contributed by atoms with Crippen molar-refractivity contribution in [2.24, 2.45) is 0 Å². The van der Waals surface area contributed by atoms with Gasteiger partial charge in [-0.25, -0.2) is 18.5 Å². The lowest BCUT2D eigenvalue weighted by atomic mass is 10.2. The molecule has 0 saturated carbocycles. The molecule has 29 heavy (non-hydrogen) atoms. The summed E-state index contributed by atoms with van der Waals surface area (Å²) < 4.78 is 51.2. The van der Waals surface area contributed by atoms with E-state index in [0.29, 0.717) is 4.68 Å². The number of hydrogen-bond acceptors (Lipinski definition) is 5. The molecule has 11 heteroatoms. The van der Waals surface area contributed by atoms with Gasteiger partial charge in [-0.15, -0.1) is 5.10 Å². The van der Waals surface area contributed by atoms with Gasteiger partial charge in [0.1, 0.15) is 23.0 Å². The summed E-state index contributed by atoms with van der Waals surface area (Å²) in [4.78, 5) is 23.6. The van der Waals surface area contributed by atoms with Crippen LogP contribution in [0.5, 0.6) is 11.5 Å². The number of carbonyl (C=O) groups excluding carboxylic acids is 1. The first-order valence-electron chi connectivity index (χ1n) is 8.05. The predicted molar refractivity (Wildman–Crippen MR) is 96.6 cm³/mol. The first kappa shape index (κ1) is 20.5. The Labute approximate surface area is 166 Å². The van der Waals surface area contributed by atoms with Crippen LogP contribution >= 0.6 is 11.6 Å². The maximum absolute atomic E-state index is 14.4. The monoisotopic (exact) mass is 427 g/mol. The van der Waals surface area contributed by atoms with Crippen molar-refractivity contribution < 1.29 is 27.4 Å². The average molecular weight is 428 g/mol. The van der Waals surface area contributed by atoms with Crippen LogP contribution in [-0.4, -0.2) is 27.4 Å². The van der Waals surface area contributed by atoms with Crippen LogP contribution in [0.15, 0.2) is 41.2 Å². The van der Waals surface area contributed by atoms with Crippen LogP contribution in [0.3, 0.4) is 0 Å². The Kier molecular flexibility index (Phi) is 5.64. The molecule has 1 aromatic heterocycles. The highest BCUT2D eigenvalue weighted by atomic mass is 35.5. The Balaban J connectivity index is 2.00. The Bertz CT molecular complexity index is 1130. The van der Waals surface area contributed by atoms with E-state index in [1.165, 1.54) is 38.3 Å². The SMILES string of the molecule is COC(=O)c1ccc(Oc2cc(-n3nc(C)n(C(F)F)c3=O)c(F)cc2Cl)cc1. The van der Waals surface area contributed by atoms with Crippen LogP contribution in [0.4, 0.5) is 13.2 Å². The third-order valence-electron chi connectivity index (χ3n) is 3.91. The van der Waals surface area contributed by atoms with E-state index >= 15 is 0 Å². The third-order valence-corrected chi connectivity index (χ3v) is 4.20. The van der Waals surface area contributed by atoms with Gasteiger partial charge in [0.2, 0.25) is 0 Å². The molecule has 3 aromatic rings. The zero-order valence-corrected chi connectivity index (χ0v) is 15.8. The highest BCUT2D eigenvalue weighted by Gasteiger charge is 2.21. The molecule has 0 unspecified atom stereocenters. The molecule has 0 saturated heterocycles. The summed E-state index contributed by atoms with van der Waals surface area (Å²) in [5, 5.41) is 3.55. The van der Waals surface area contributed by atoms with Gasteiger partial charge in [0.25, 0.3) is 0 Å². The Hall–Kier alpha value is -3.27. The number of ether oxygens (including phenoxy) is 2. The van der Waals surface area contributed by atoms with Gasteiger partial charge < -0.3 is 9.47 Å². The second-order valence-electron chi connectivity index (χ2n) is 5.74. The van der Waals surface area contributed by atoms with E-state index in [1.54, 1.807) is 0 Å². The minimum atomic E-state index is -3.13. The van der Waals surface area contributed by atoms with Gasteiger partial charge in [-0.1, -0.05) is 11.6 Å². The van der Waals surface area contributed by atoms with Gasteiger partial charge in [0.15, 0.2) is 5.82 Å². The van der Waals surface area contributed by atoms with Gasteiger partial charge in [0, 0.05) is 6.07 Å². The van der Waals surface area contributed by atoms with E-state index in [-0.39, 0.29) is 32.5 Å². The number of alkyl halides is 2. The topological polar surface area (TPSA) is 75.3 Å². The maximum Gasteiger partial charge on any atom is 0.355 e. The number of methoxy groups -OCH3 is 1. The summed E-state index contributed by atoms with van der Waals surface area (Å²) in [7, 11) is 1.24. The van der Waals surface area contributed by atoms with Gasteiger partial charge in [-0.05, 0) is 37.3 Å². The van der Waals surface area contributed by atoms with Crippen LogP contribution in [0, 0.1) is 12.7 Å². The number of aryl methyl sites for hydroxylation is 1. The molecule has 1 heterocycles. The summed E-state index contributed by atoms with van der Waals surface area (Å²) in [5.74, 6) is -1.59. The van der Waals surface area contributed by atoms with E-state index in [1.807, 2.05) is 0 Å². The lowest BCUT2D eigenvalue weighted by molar-refractivity contribution is 0.0599. The first-order valence-corrected chi connectivity index (χ1v) is 8.42. The summed E-state index contributed by atoms with van der Waals surface area (Å²) in [6, 6.07) is 7.73. The number of nitrogens with zero attached hydrogens (tertiary/aromatic N) is 3. The first-order chi connectivity index (χ1) is 13.7. The van der Waals surface area contributed by atoms with E-state index in [9.17, 15) is 22.8 Å². The number of benzene rings is 2. The standard InChI is InChI=1S/C18H13ClF3N3O4/c1-9-23-25(18(27)24(9)17(21)22)14-8-15(12(19)7-13(14)20)29-11-5-3-10(4-6-11)16(26)28-2/h3-8,17H,1-2H3. The molecule has 0 radical (unpaired) electrons. The fourth-order valence-corrected chi connectivity index (χ4v) is 2.71. The molecule has 0 spiro atoms. The van der Waals surface area contributed by atoms with Crippen LogP contribution in [0.25, 0.3) is 5.69 Å². The lowest BCUT2D eigenvalue weighted by Crippen LogP contribution is -2.25. The zero-order chi connectivity index (χ0) is 21.3. The van der Waals surface area contributed by atoms with Crippen LogP contribution in [0.1, 0.15) is 22.7 Å². The summed E-state index contributed by atoms with van der Waals surface area (Å²) in [6.45, 7) is -1.94. The van der Waals surface area contributed by atoms with Crippen LogP contribution in [-0.2, 0) is 4.74 Å². The maximum atomic E-state index is 14.4. The fourth-order valence-electron chi connectivity index (χ4n) is 2.52. The number of halogens is 4. The van der Waals surface area contributed by atoms with Crippen molar-refractivity contribution >= 4 is 17.6 Å². The third kappa shape index (κ3) is 3.97. The molecule has 0 amide bonds. The van der Waals surface area contributed by atoms with Crippen LogP contribution in [0.2, 0.25) is 5.02 Å². The highest BCUT2D eigenvalue weighted by Crippen LogP contribution is 2.33. The van der Waals surface area contributed by atoms with Gasteiger partial charge >= 0.3 is 18.2 Å². The van der Waals surface area contributed by atoms with Crippen molar-refractivity contribution in [1.29, 1.82) is 0 Å². The minimum Gasteiger partial charge on any atom is -0.465 e. The summed E-state index contributed by atoms with van der Waals surface area (Å²) >= 11 is 6.00. The quantitative estimate of drug-likeness (QED) is 0.573. The van der Waals surface area contributed by atoms with Crippen molar-refractivity contribution in [3.63, 3.8) is 0 Å². The number of aromatic nitrogens is 3. The molecule has 0 aliphatic rings. The average Bonchev–Trinajstić information content (AvgIpc) is 2.98. The van der Waals surface area contributed by atoms with E-state index in [0.717, 1.165) is 12.1 Å². The second kappa shape index (κ2) is 8.00. The van der Waals surface area contributed by atoms with Crippen molar-refractivity contribution in [3.8, 4) is 17.2 Å². The van der Waals surface area contributed by atoms with Crippen LogP contribution < -0.4 is 10.4 Å². The van der Waals surface area contributed by atoms with Crippen molar-refractivity contribution in [1.82, 2.24) is 14.3 Å². The van der Waals surface area contributed by atoms with Gasteiger partial charge in [-0.3, -0.25) is 0 Å². The molecule has 2 aromatic carbocycles. The Morgan fingerprint density at radius 3 is 2.41 bits per heavy atom. The van der Waals surface area contributed by atoms with Crippen molar-refractivity contribution in [2.45, 2.75) is 13.5 Å². The summed E-state index contributed by atoms with van der Waals surface area (Å²) in [5.41, 5.74) is -1.35. The molecule has 7 nitrogen and oxygen atoms in total. The highest BCUT2D eigenvalue weighted by molar-refractivity contribution is 6.32. The van der Waals surface area contributed by atoms with Gasteiger partial charge in [0.05, 0.1) is 17.7 Å². The van der Waals surface area contributed by atoms with E-state index in [4.69, 9.17) is 16.3 Å². The second-order valence-corrected chi connectivity index (χ2v) is 6.15. The largest absolute Gasteiger partial charge is 0.465 e. The summed E-state index contributed by atoms with van der Waals surface area (Å²) in [6.07, 6.45) is 0. The molecule has 0 N–H and O–H groups in total. The molecule has 0 aliphatic carbocycles. The zero-order valence-electron chi connectivity index (χ0n) is 15.0. The molecular formula is C18H13ClF3N3O4. The molecule has 0 atom stereocenters. The van der Waals surface area contributed by atoms with Crippen molar-refractivity contribution in [3.05, 3.63) is 69.1 Å². The molecule has 0 bridgehead atoms. The molecular weight excluding hydrogens is 415 g/mol. The Morgan fingerprint density at radius 1 is 1.21 bits per heavy atom. The number of carbonyl (C=O) groups is 1. The van der Waals surface area contributed by atoms with E-state index in [2.05, 4.69) is 9.84 Å². The molecule has 152 valence electrons. The smallest absolute Gasteiger partial charge is 0.355 e. The number of rotatable bonds is 5. The minimum absolute atomic E-state index is 0.0509. The van der Waals surface area contributed by atoms with E-state index < -0.39 is 29.7 Å². The van der Waals surface area contributed by atoms with Crippen molar-refractivity contribution in [2.75, 3.05) is 7.11 Å².